The molecule has 0 amide bonds. The van der Waals surface area contributed by atoms with Crippen molar-refractivity contribution in [2.24, 2.45) is 13.0 Å². The number of rotatable bonds is 7. The minimum absolute atomic E-state index is 0.133. The van der Waals surface area contributed by atoms with E-state index in [1.165, 1.54) is 5.56 Å². The van der Waals surface area contributed by atoms with Crippen molar-refractivity contribution in [1.29, 1.82) is 0 Å². The van der Waals surface area contributed by atoms with E-state index in [-0.39, 0.29) is 12.2 Å². The van der Waals surface area contributed by atoms with Crippen molar-refractivity contribution in [1.82, 2.24) is 18.6 Å². The number of imidazole rings is 1. The van der Waals surface area contributed by atoms with Gasteiger partial charge in [-0.1, -0.05) is 24.3 Å². The van der Waals surface area contributed by atoms with Crippen LogP contribution in [0.3, 0.4) is 0 Å². The van der Waals surface area contributed by atoms with Gasteiger partial charge in [0.15, 0.2) is 0 Å². The summed E-state index contributed by atoms with van der Waals surface area (Å²) in [4.78, 5) is 27.9. The summed E-state index contributed by atoms with van der Waals surface area (Å²) in [5, 5.41) is 11.1. The molecule has 1 unspecified atom stereocenters. The maximum absolute atomic E-state index is 13.7. The van der Waals surface area contributed by atoms with E-state index in [2.05, 4.69) is 34.7 Å². The van der Waals surface area contributed by atoms with E-state index in [0.717, 1.165) is 27.5 Å². The lowest BCUT2D eigenvalue weighted by atomic mass is 10.1. The smallest absolute Gasteiger partial charge is 0.329 e. The number of hydrogen-bond donors (Lipinski definition) is 1. The van der Waals surface area contributed by atoms with Gasteiger partial charge < -0.3 is 14.4 Å². The zero-order valence-electron chi connectivity index (χ0n) is 19.6. The topological polar surface area (TPSA) is 81.6 Å². The molecule has 0 saturated carbocycles. The molecule has 0 radical (unpaired) electrons. The molecule has 34 heavy (non-hydrogen) atoms. The molecule has 1 aliphatic heterocycles. The molecule has 1 aliphatic rings. The summed E-state index contributed by atoms with van der Waals surface area (Å²) in [5.74, 6) is -1.57. The molecule has 3 heterocycles. The van der Waals surface area contributed by atoms with Gasteiger partial charge in [0.2, 0.25) is 0 Å². The molecule has 8 nitrogen and oxygen atoms in total. The van der Waals surface area contributed by atoms with E-state index in [1.54, 1.807) is 9.13 Å². The van der Waals surface area contributed by atoms with E-state index in [1.807, 2.05) is 37.4 Å². The molecule has 2 aromatic carbocycles. The molecule has 1 N–H and O–H groups in total. The fourth-order valence-corrected chi connectivity index (χ4v) is 5.15. The number of benzene rings is 2. The highest BCUT2D eigenvalue weighted by atomic mass is 16.5. The van der Waals surface area contributed by atoms with E-state index in [0.29, 0.717) is 39.4 Å². The number of morpholine rings is 1. The Hall–Kier alpha value is -3.36. The van der Waals surface area contributed by atoms with Crippen molar-refractivity contribution < 1.29 is 14.6 Å². The van der Waals surface area contributed by atoms with Gasteiger partial charge in [-0.05, 0) is 36.2 Å². The predicted octanol–water partition coefficient (Wildman–Crippen LogP) is 2.68. The standard InChI is InChI=1S/C26H30N4O4/c1-18-6-5-9-23-24(18)19(14-27(23)2)16-29-21-7-3-4-8-22(21)30(26(29)33)17-20(25(31)32)15-28-10-12-34-13-11-28/h3-9,14,20H,10-13,15-17H2,1-2H3,(H,31,32). The third kappa shape index (κ3) is 4.03. The Kier molecular flexibility index (Phi) is 6.02. The highest BCUT2D eigenvalue weighted by Gasteiger charge is 2.26. The second-order valence-electron chi connectivity index (χ2n) is 9.15. The Labute approximate surface area is 197 Å². The van der Waals surface area contributed by atoms with Gasteiger partial charge in [-0.25, -0.2) is 4.79 Å². The van der Waals surface area contributed by atoms with Crippen LogP contribution in [0.4, 0.5) is 0 Å². The summed E-state index contributed by atoms with van der Waals surface area (Å²) in [7, 11) is 2.01. The summed E-state index contributed by atoms with van der Waals surface area (Å²) in [6.07, 6.45) is 2.08. The van der Waals surface area contributed by atoms with Crippen LogP contribution in [0.5, 0.6) is 0 Å². The van der Waals surface area contributed by atoms with Gasteiger partial charge in [0, 0.05) is 50.3 Å². The van der Waals surface area contributed by atoms with Crippen LogP contribution < -0.4 is 5.69 Å². The number of hydrogen-bond acceptors (Lipinski definition) is 4. The van der Waals surface area contributed by atoms with Crippen molar-refractivity contribution in [3.05, 3.63) is 70.3 Å². The Morgan fingerprint density at radius 2 is 1.68 bits per heavy atom. The highest BCUT2D eigenvalue weighted by Crippen LogP contribution is 2.26. The summed E-state index contributed by atoms with van der Waals surface area (Å²) in [6, 6.07) is 13.8. The first-order valence-corrected chi connectivity index (χ1v) is 11.7. The van der Waals surface area contributed by atoms with Gasteiger partial charge in [-0.15, -0.1) is 0 Å². The quantitative estimate of drug-likeness (QED) is 0.457. The molecule has 1 atom stereocenters. The first kappa shape index (κ1) is 22.4. The molecular formula is C26H30N4O4. The first-order valence-electron chi connectivity index (χ1n) is 11.7. The SMILES string of the molecule is Cc1cccc2c1c(Cn1c(=O)n(CC(CN3CCOCC3)C(=O)O)c3ccccc31)cn2C. The van der Waals surface area contributed by atoms with Crippen LogP contribution in [0.25, 0.3) is 21.9 Å². The summed E-state index contributed by atoms with van der Waals surface area (Å²) < 4.78 is 10.9. The molecule has 5 rings (SSSR count). The monoisotopic (exact) mass is 462 g/mol. The van der Waals surface area contributed by atoms with Crippen molar-refractivity contribution in [3.63, 3.8) is 0 Å². The van der Waals surface area contributed by atoms with Crippen LogP contribution in [0.1, 0.15) is 11.1 Å². The molecule has 4 aromatic rings. The van der Waals surface area contributed by atoms with E-state index >= 15 is 0 Å². The molecule has 1 fully saturated rings. The van der Waals surface area contributed by atoms with Crippen LogP contribution in [0, 0.1) is 12.8 Å². The molecule has 8 heteroatoms. The predicted molar refractivity (Wildman–Crippen MR) is 131 cm³/mol. The zero-order valence-corrected chi connectivity index (χ0v) is 19.6. The summed E-state index contributed by atoms with van der Waals surface area (Å²) in [6.45, 7) is 5.67. The average molecular weight is 463 g/mol. The van der Waals surface area contributed by atoms with Gasteiger partial charge in [0.25, 0.3) is 0 Å². The van der Waals surface area contributed by atoms with E-state index in [4.69, 9.17) is 4.74 Å². The molecule has 0 spiro atoms. The first-order chi connectivity index (χ1) is 16.4. The fraction of sp³-hybridized carbons (Fsp3) is 0.385. The minimum Gasteiger partial charge on any atom is -0.481 e. The van der Waals surface area contributed by atoms with E-state index in [9.17, 15) is 14.7 Å². The number of carboxylic acid groups (broad SMARTS) is 1. The van der Waals surface area contributed by atoms with Gasteiger partial charge in [-0.3, -0.25) is 18.8 Å². The average Bonchev–Trinajstić information content (AvgIpc) is 3.29. The van der Waals surface area contributed by atoms with Crippen LogP contribution in [0.2, 0.25) is 0 Å². The van der Waals surface area contributed by atoms with Crippen molar-refractivity contribution in [3.8, 4) is 0 Å². The van der Waals surface area contributed by atoms with Crippen molar-refractivity contribution in [2.75, 3.05) is 32.8 Å². The number of aryl methyl sites for hydroxylation is 2. The molecule has 1 saturated heterocycles. The van der Waals surface area contributed by atoms with Crippen molar-refractivity contribution >= 4 is 27.9 Å². The van der Waals surface area contributed by atoms with Crippen molar-refractivity contribution in [2.45, 2.75) is 20.0 Å². The highest BCUT2D eigenvalue weighted by molar-refractivity contribution is 5.87. The number of carbonyl (C=O) groups is 1. The lowest BCUT2D eigenvalue weighted by Gasteiger charge is -2.29. The normalized spacial score (nSPS) is 15.8. The molecule has 2 aromatic heterocycles. The number of fused-ring (bicyclic) bond motifs is 2. The van der Waals surface area contributed by atoms with E-state index < -0.39 is 11.9 Å². The number of carboxylic acids is 1. The lowest BCUT2D eigenvalue weighted by molar-refractivity contribution is -0.143. The van der Waals surface area contributed by atoms with Gasteiger partial charge in [-0.2, -0.15) is 0 Å². The number of para-hydroxylation sites is 2. The second kappa shape index (κ2) is 9.12. The van der Waals surface area contributed by atoms with Crippen LogP contribution in [-0.4, -0.2) is 62.5 Å². The Morgan fingerprint density at radius 1 is 1.00 bits per heavy atom. The Bertz CT molecular complexity index is 1410. The Balaban J connectivity index is 1.53. The summed E-state index contributed by atoms with van der Waals surface area (Å²) in [5.41, 5.74) is 4.76. The van der Waals surface area contributed by atoms with Gasteiger partial charge in [0.05, 0.1) is 36.7 Å². The molecule has 0 aliphatic carbocycles. The van der Waals surface area contributed by atoms with Gasteiger partial charge >= 0.3 is 11.7 Å². The van der Waals surface area contributed by atoms with Crippen LogP contribution in [-0.2, 0) is 29.7 Å². The van der Waals surface area contributed by atoms with Crippen LogP contribution >= 0.6 is 0 Å². The van der Waals surface area contributed by atoms with Crippen LogP contribution in [0.15, 0.2) is 53.5 Å². The fourth-order valence-electron chi connectivity index (χ4n) is 5.15. The summed E-state index contributed by atoms with van der Waals surface area (Å²) >= 11 is 0. The number of ether oxygens (including phenoxy) is 1. The molecule has 0 bridgehead atoms. The number of aromatic nitrogens is 3. The number of aliphatic carboxylic acids is 1. The van der Waals surface area contributed by atoms with Gasteiger partial charge in [0.1, 0.15) is 0 Å². The lowest BCUT2D eigenvalue weighted by Crippen LogP contribution is -2.43. The molecular weight excluding hydrogens is 432 g/mol. The third-order valence-electron chi connectivity index (χ3n) is 6.89. The maximum atomic E-state index is 13.7. The maximum Gasteiger partial charge on any atom is 0.329 e. The number of nitrogens with zero attached hydrogens (tertiary/aromatic N) is 4. The largest absolute Gasteiger partial charge is 0.481 e. The third-order valence-corrected chi connectivity index (χ3v) is 6.89. The minimum atomic E-state index is -0.889. The second-order valence-corrected chi connectivity index (χ2v) is 9.15. The molecule has 178 valence electrons. The Morgan fingerprint density at radius 3 is 2.38 bits per heavy atom. The zero-order chi connectivity index (χ0) is 23.8.